The Bertz CT molecular complexity index is 1210. The summed E-state index contributed by atoms with van der Waals surface area (Å²) in [6.45, 7) is 1.20. The van der Waals surface area contributed by atoms with Crippen molar-refractivity contribution in [2.75, 3.05) is 18.0 Å². The molecule has 1 aliphatic heterocycles. The number of piperidine rings is 1. The molecule has 31 heavy (non-hydrogen) atoms. The molecule has 1 fully saturated rings. The molecule has 0 N–H and O–H groups in total. The first-order valence-corrected chi connectivity index (χ1v) is 13.1. The monoisotopic (exact) mass is 518 g/mol. The molecule has 10 heteroatoms. The topological polar surface area (TPSA) is 50.3 Å². The molecule has 0 atom stereocenters. The van der Waals surface area contributed by atoms with Gasteiger partial charge in [-0.05, 0) is 48.7 Å². The molecule has 0 saturated carbocycles. The maximum atomic E-state index is 13.3. The van der Waals surface area contributed by atoms with E-state index in [4.69, 9.17) is 34.8 Å². The van der Waals surface area contributed by atoms with Crippen molar-refractivity contribution in [2.24, 2.45) is 0 Å². The van der Waals surface area contributed by atoms with E-state index in [0.29, 0.717) is 37.4 Å². The van der Waals surface area contributed by atoms with Crippen LogP contribution in [0.5, 0.6) is 0 Å². The summed E-state index contributed by atoms with van der Waals surface area (Å²) in [5.41, 5.74) is 1.75. The second-order valence-corrected chi connectivity index (χ2v) is 11.6. The average molecular weight is 520 g/mol. The fourth-order valence-corrected chi connectivity index (χ4v) is 6.79. The van der Waals surface area contributed by atoms with Gasteiger partial charge in [0.15, 0.2) is 15.0 Å². The second-order valence-electron chi connectivity index (χ2n) is 7.35. The molecule has 1 aliphatic rings. The molecule has 0 radical (unpaired) electrons. The Balaban J connectivity index is 1.41. The van der Waals surface area contributed by atoms with Gasteiger partial charge >= 0.3 is 0 Å². The van der Waals surface area contributed by atoms with Gasteiger partial charge < -0.3 is 4.90 Å². The van der Waals surface area contributed by atoms with Gasteiger partial charge in [0.05, 0.1) is 30.9 Å². The maximum Gasteiger partial charge on any atom is 0.185 e. The highest BCUT2D eigenvalue weighted by molar-refractivity contribution is 7.92. The highest BCUT2D eigenvalue weighted by Gasteiger charge is 2.32. The molecule has 4 nitrogen and oxygen atoms in total. The Morgan fingerprint density at radius 2 is 1.77 bits per heavy atom. The Morgan fingerprint density at radius 1 is 1.03 bits per heavy atom. The van der Waals surface area contributed by atoms with E-state index in [0.717, 1.165) is 16.4 Å². The van der Waals surface area contributed by atoms with E-state index >= 15 is 0 Å². The molecule has 2 heterocycles. The largest absolute Gasteiger partial charge is 0.348 e. The summed E-state index contributed by atoms with van der Waals surface area (Å²) in [7, 11) is -3.48. The number of aromatic nitrogens is 1. The lowest BCUT2D eigenvalue weighted by molar-refractivity contribution is 0.529. The first-order valence-electron chi connectivity index (χ1n) is 9.56. The zero-order valence-corrected chi connectivity index (χ0v) is 20.1. The van der Waals surface area contributed by atoms with Crippen molar-refractivity contribution in [1.82, 2.24) is 4.98 Å². The van der Waals surface area contributed by atoms with Gasteiger partial charge in [-0.3, -0.25) is 0 Å². The highest BCUT2D eigenvalue weighted by Crippen LogP contribution is 2.32. The van der Waals surface area contributed by atoms with Crippen LogP contribution in [0.1, 0.15) is 24.1 Å². The van der Waals surface area contributed by atoms with Gasteiger partial charge in [0.25, 0.3) is 0 Å². The Kier molecular flexibility index (Phi) is 6.79. The number of anilines is 1. The predicted octanol–water partition coefficient (Wildman–Crippen LogP) is 6.28. The predicted molar refractivity (Wildman–Crippen MR) is 125 cm³/mol. The number of rotatable bonds is 5. The summed E-state index contributed by atoms with van der Waals surface area (Å²) < 4.78 is 39.3. The maximum absolute atomic E-state index is 13.3. The van der Waals surface area contributed by atoms with Crippen molar-refractivity contribution < 1.29 is 12.8 Å². The summed E-state index contributed by atoms with van der Waals surface area (Å²) in [6, 6.07) is 9.08. The lowest BCUT2D eigenvalue weighted by Crippen LogP contribution is -2.39. The van der Waals surface area contributed by atoms with Crippen LogP contribution in [-0.2, 0) is 16.3 Å². The smallest absolute Gasteiger partial charge is 0.185 e. The van der Waals surface area contributed by atoms with Gasteiger partial charge in [-0.2, -0.15) is 0 Å². The van der Waals surface area contributed by atoms with Crippen LogP contribution in [0, 0.1) is 5.82 Å². The van der Waals surface area contributed by atoms with Crippen LogP contribution in [-0.4, -0.2) is 31.7 Å². The molecule has 0 unspecified atom stereocenters. The summed E-state index contributed by atoms with van der Waals surface area (Å²) in [5.74, 6) is -0.442. The second kappa shape index (κ2) is 9.24. The third kappa shape index (κ3) is 5.01. The van der Waals surface area contributed by atoms with Crippen LogP contribution in [0.25, 0.3) is 0 Å². The molecule has 0 aliphatic carbocycles. The molecule has 4 rings (SSSR count). The Labute approximate surface area is 199 Å². The number of hydrogen-bond donors (Lipinski definition) is 0. The molecule has 1 aromatic heterocycles. The van der Waals surface area contributed by atoms with Crippen molar-refractivity contribution in [3.63, 3.8) is 0 Å². The minimum Gasteiger partial charge on any atom is -0.348 e. The van der Waals surface area contributed by atoms with Gasteiger partial charge in [-0.15, -0.1) is 11.3 Å². The van der Waals surface area contributed by atoms with E-state index in [1.165, 1.54) is 35.6 Å². The fraction of sp³-hybridized carbons (Fsp3) is 0.286. The lowest BCUT2D eigenvalue weighted by atomic mass is 10.1. The quantitative estimate of drug-likeness (QED) is 0.398. The van der Waals surface area contributed by atoms with Crippen LogP contribution in [0.4, 0.5) is 9.52 Å². The molecule has 0 amide bonds. The SMILES string of the molecule is O=S(=O)(c1ccc(Cl)c(Cl)c1)C1CCN(c2nc(Cc3ccc(F)c(Cl)c3)cs2)CC1. The normalized spacial score (nSPS) is 15.4. The first-order chi connectivity index (χ1) is 14.7. The van der Waals surface area contributed by atoms with E-state index in [1.54, 1.807) is 12.1 Å². The molecule has 164 valence electrons. The van der Waals surface area contributed by atoms with Crippen LogP contribution in [0.2, 0.25) is 15.1 Å². The fourth-order valence-electron chi connectivity index (χ4n) is 3.59. The molecule has 3 aromatic rings. The van der Waals surface area contributed by atoms with Gasteiger partial charge in [0.1, 0.15) is 5.82 Å². The first kappa shape index (κ1) is 22.8. The molecule has 0 bridgehead atoms. The molecule has 2 aromatic carbocycles. The standard InChI is InChI=1S/C21H18Cl3FN2O2S2/c22-17-3-2-16(11-18(17)23)31(28,29)15-5-7-27(8-6-15)21-26-14(12-30-21)9-13-1-4-20(25)19(24)10-13/h1-4,10-12,15H,5-9H2. The summed E-state index contributed by atoms with van der Waals surface area (Å²) in [6.07, 6.45) is 1.56. The number of nitrogens with zero attached hydrogens (tertiary/aromatic N) is 2. The minimum atomic E-state index is -3.48. The third-order valence-corrected chi connectivity index (χ3v) is 9.52. The van der Waals surface area contributed by atoms with Crippen molar-refractivity contribution in [1.29, 1.82) is 0 Å². The average Bonchev–Trinajstić information content (AvgIpc) is 3.21. The highest BCUT2D eigenvalue weighted by atomic mass is 35.5. The van der Waals surface area contributed by atoms with Crippen molar-refractivity contribution >= 4 is 61.1 Å². The van der Waals surface area contributed by atoms with E-state index in [9.17, 15) is 12.8 Å². The molecular formula is C21H18Cl3FN2O2S2. The van der Waals surface area contributed by atoms with Gasteiger partial charge in [0.2, 0.25) is 0 Å². The number of thiazole rings is 1. The zero-order chi connectivity index (χ0) is 22.2. The van der Waals surface area contributed by atoms with E-state index in [2.05, 4.69) is 9.88 Å². The lowest BCUT2D eigenvalue weighted by Gasteiger charge is -2.31. The van der Waals surface area contributed by atoms with E-state index < -0.39 is 20.9 Å². The number of hydrogen-bond acceptors (Lipinski definition) is 5. The summed E-state index contributed by atoms with van der Waals surface area (Å²) in [5, 5.41) is 3.01. The number of sulfone groups is 1. The molecular weight excluding hydrogens is 502 g/mol. The van der Waals surface area contributed by atoms with E-state index in [-0.39, 0.29) is 14.9 Å². The number of halogens is 4. The molecule has 0 spiro atoms. The Hall–Kier alpha value is -1.38. The summed E-state index contributed by atoms with van der Waals surface area (Å²) >= 11 is 19.3. The van der Waals surface area contributed by atoms with Crippen molar-refractivity contribution in [3.05, 3.63) is 73.9 Å². The van der Waals surface area contributed by atoms with Gasteiger partial charge in [-0.1, -0.05) is 40.9 Å². The molecule has 1 saturated heterocycles. The van der Waals surface area contributed by atoms with Gasteiger partial charge in [0, 0.05) is 24.9 Å². The Morgan fingerprint density at radius 3 is 2.45 bits per heavy atom. The van der Waals surface area contributed by atoms with Crippen LogP contribution in [0.15, 0.2) is 46.7 Å². The van der Waals surface area contributed by atoms with Crippen LogP contribution < -0.4 is 4.90 Å². The third-order valence-electron chi connectivity index (χ3n) is 5.28. The van der Waals surface area contributed by atoms with Crippen LogP contribution >= 0.6 is 46.1 Å². The minimum absolute atomic E-state index is 0.0956. The summed E-state index contributed by atoms with van der Waals surface area (Å²) in [4.78, 5) is 6.98. The van der Waals surface area contributed by atoms with E-state index in [1.807, 2.05) is 5.38 Å². The van der Waals surface area contributed by atoms with Crippen molar-refractivity contribution in [3.8, 4) is 0 Å². The zero-order valence-electron chi connectivity index (χ0n) is 16.2. The van der Waals surface area contributed by atoms with Gasteiger partial charge in [-0.25, -0.2) is 17.8 Å². The van der Waals surface area contributed by atoms with Crippen LogP contribution in [0.3, 0.4) is 0 Å². The van der Waals surface area contributed by atoms with Crippen molar-refractivity contribution in [2.45, 2.75) is 29.4 Å². The number of benzene rings is 2.